The quantitative estimate of drug-likeness (QED) is 0.144. The lowest BCUT2D eigenvalue weighted by Gasteiger charge is -2.29. The number of ether oxygens (including phenoxy) is 4. The molecule has 1 aliphatic carbocycles. The number of hydrogen-bond acceptors (Lipinski definition) is 11. The lowest BCUT2D eigenvalue weighted by Crippen LogP contribution is -2.28. The number of hydrogen-bond donors (Lipinski definition) is 0. The van der Waals surface area contributed by atoms with Gasteiger partial charge in [-0.05, 0) is 106 Å². The monoisotopic (exact) mass is 762 g/mol. The molecule has 0 saturated heterocycles. The minimum Gasteiger partial charge on any atom is -0.486 e. The average molecular weight is 765 g/mol. The summed E-state index contributed by atoms with van der Waals surface area (Å²) < 4.78 is 34.9. The SMILES string of the molecule is COC(=O)c1ccc(Oc2c(OC3CCC(C(=O)OC)CC3)c(-c3ccc(Br)s3)c3nsnc3c2-c2ccc(Br)s2)cc1. The number of carbonyl (C=O) groups excluding carboxylic acids is 2. The van der Waals surface area contributed by atoms with Crippen molar-refractivity contribution in [2.45, 2.75) is 31.8 Å². The number of carbonyl (C=O) groups is 2. The Morgan fingerprint density at radius 2 is 1.35 bits per heavy atom. The van der Waals surface area contributed by atoms with Gasteiger partial charge in [0.2, 0.25) is 0 Å². The molecule has 13 heteroatoms. The fourth-order valence-electron chi connectivity index (χ4n) is 5.17. The lowest BCUT2D eigenvalue weighted by molar-refractivity contribution is -0.147. The van der Waals surface area contributed by atoms with Crippen molar-refractivity contribution in [2.24, 2.45) is 5.92 Å². The minimum absolute atomic E-state index is 0.133. The minimum atomic E-state index is -0.428. The molecule has 1 fully saturated rings. The van der Waals surface area contributed by atoms with Crippen molar-refractivity contribution in [2.75, 3.05) is 14.2 Å². The van der Waals surface area contributed by atoms with E-state index >= 15 is 0 Å². The molecule has 222 valence electrons. The predicted molar refractivity (Wildman–Crippen MR) is 176 cm³/mol. The number of methoxy groups -OCH3 is 2. The van der Waals surface area contributed by atoms with Gasteiger partial charge >= 0.3 is 11.9 Å². The zero-order chi connectivity index (χ0) is 30.1. The number of esters is 2. The maximum atomic E-state index is 12.2. The topological polar surface area (TPSA) is 96.8 Å². The second-order valence-electron chi connectivity index (χ2n) is 9.81. The third-order valence-corrected chi connectivity index (χ3v) is 11.1. The molecule has 6 rings (SSSR count). The molecule has 3 aromatic heterocycles. The molecule has 0 unspecified atom stereocenters. The summed E-state index contributed by atoms with van der Waals surface area (Å²) in [4.78, 5) is 26.2. The van der Waals surface area contributed by atoms with E-state index in [9.17, 15) is 9.59 Å². The predicted octanol–water partition coefficient (Wildman–Crippen LogP) is 9.36. The van der Waals surface area contributed by atoms with Crippen molar-refractivity contribution >= 4 is 89.2 Å². The highest BCUT2D eigenvalue weighted by Gasteiger charge is 2.33. The first kappa shape index (κ1) is 30.2. The normalized spacial score (nSPS) is 16.7. The van der Waals surface area contributed by atoms with Gasteiger partial charge in [0.1, 0.15) is 16.8 Å². The van der Waals surface area contributed by atoms with Crippen LogP contribution in [0.4, 0.5) is 0 Å². The first-order valence-corrected chi connectivity index (χ1v) is 17.3. The molecule has 3 heterocycles. The molecule has 43 heavy (non-hydrogen) atoms. The summed E-state index contributed by atoms with van der Waals surface area (Å²) in [6.45, 7) is 0. The van der Waals surface area contributed by atoms with Gasteiger partial charge in [-0.15, -0.1) is 22.7 Å². The summed E-state index contributed by atoms with van der Waals surface area (Å²) in [5, 5.41) is 0. The van der Waals surface area contributed by atoms with Gasteiger partial charge in [-0.3, -0.25) is 4.79 Å². The smallest absolute Gasteiger partial charge is 0.337 e. The molecular formula is C30H24Br2N2O6S3. The first-order valence-electron chi connectivity index (χ1n) is 13.3. The highest BCUT2D eigenvalue weighted by molar-refractivity contribution is 9.11. The van der Waals surface area contributed by atoms with E-state index in [1.807, 2.05) is 24.3 Å². The van der Waals surface area contributed by atoms with E-state index in [4.69, 9.17) is 27.7 Å². The highest BCUT2D eigenvalue weighted by Crippen LogP contribution is 2.55. The molecule has 0 radical (unpaired) electrons. The number of aromatic nitrogens is 2. The van der Waals surface area contributed by atoms with Gasteiger partial charge in [-0.2, -0.15) is 8.75 Å². The van der Waals surface area contributed by atoms with E-state index < -0.39 is 5.97 Å². The van der Waals surface area contributed by atoms with Crippen LogP contribution in [0.1, 0.15) is 36.0 Å². The van der Waals surface area contributed by atoms with E-state index in [0.29, 0.717) is 54.0 Å². The molecular weight excluding hydrogens is 740 g/mol. The lowest BCUT2D eigenvalue weighted by atomic mass is 9.87. The summed E-state index contributed by atoms with van der Waals surface area (Å²) >= 11 is 11.5. The zero-order valence-corrected chi connectivity index (χ0v) is 28.5. The Morgan fingerprint density at radius 1 is 0.767 bits per heavy atom. The molecule has 2 aromatic carbocycles. The largest absolute Gasteiger partial charge is 0.486 e. The molecule has 0 atom stereocenters. The van der Waals surface area contributed by atoms with E-state index in [0.717, 1.165) is 45.7 Å². The number of rotatable bonds is 8. The number of benzene rings is 2. The van der Waals surface area contributed by atoms with Crippen LogP contribution in [0, 0.1) is 5.92 Å². The van der Waals surface area contributed by atoms with Crippen molar-refractivity contribution in [1.29, 1.82) is 0 Å². The molecule has 1 saturated carbocycles. The van der Waals surface area contributed by atoms with Gasteiger partial charge in [0, 0.05) is 9.75 Å². The molecule has 0 amide bonds. The summed E-state index contributed by atoms with van der Waals surface area (Å²) in [6.07, 6.45) is 2.57. The van der Waals surface area contributed by atoms with Crippen LogP contribution in [0.2, 0.25) is 0 Å². The van der Waals surface area contributed by atoms with E-state index in [2.05, 4.69) is 31.9 Å². The van der Waals surface area contributed by atoms with Gasteiger partial charge in [-0.1, -0.05) is 0 Å². The van der Waals surface area contributed by atoms with Gasteiger partial charge in [0.05, 0.1) is 62.2 Å². The van der Waals surface area contributed by atoms with Gasteiger partial charge in [-0.25, -0.2) is 4.79 Å². The third-order valence-electron chi connectivity index (χ3n) is 7.25. The fraction of sp³-hybridized carbons (Fsp3) is 0.267. The number of thiophene rings is 2. The van der Waals surface area contributed by atoms with Crippen LogP contribution in [0.15, 0.2) is 56.1 Å². The van der Waals surface area contributed by atoms with Gasteiger partial charge in [0.25, 0.3) is 0 Å². The third kappa shape index (κ3) is 6.23. The van der Waals surface area contributed by atoms with E-state index in [-0.39, 0.29) is 18.0 Å². The molecule has 8 nitrogen and oxygen atoms in total. The molecule has 0 N–H and O–H groups in total. The maximum absolute atomic E-state index is 12.2. The standard InChI is InChI=1S/C30H24Br2N2O6S3/c1-37-29(35)15-3-7-17(8-4-15)39-27-23(19-11-13-21(31)41-19)25-26(34-43-33-25)24(20-12-14-22(32)42-20)28(27)40-18-9-5-16(6-10-18)30(36)38-2/h3-4,7-8,11-14,16,18H,5-6,9-10H2,1-2H3. The van der Waals surface area contributed by atoms with Crippen LogP contribution in [0.3, 0.4) is 0 Å². The second kappa shape index (κ2) is 13.0. The van der Waals surface area contributed by atoms with Crippen LogP contribution < -0.4 is 9.47 Å². The number of halogens is 2. The second-order valence-corrected chi connectivity index (χ2v) is 15.3. The first-order chi connectivity index (χ1) is 20.9. The summed E-state index contributed by atoms with van der Waals surface area (Å²) in [5.74, 6) is 0.850. The van der Waals surface area contributed by atoms with Crippen LogP contribution in [0.5, 0.6) is 17.2 Å². The molecule has 0 spiro atoms. The Balaban J connectivity index is 1.53. The Bertz CT molecular complexity index is 1790. The van der Waals surface area contributed by atoms with Crippen molar-refractivity contribution in [3.8, 4) is 38.1 Å². The molecule has 0 bridgehead atoms. The van der Waals surface area contributed by atoms with Crippen LogP contribution >= 0.6 is 66.3 Å². The Kier molecular flexibility index (Phi) is 9.15. The summed E-state index contributed by atoms with van der Waals surface area (Å²) in [6, 6.07) is 14.8. The van der Waals surface area contributed by atoms with Crippen LogP contribution in [-0.4, -0.2) is 41.0 Å². The fourth-order valence-corrected chi connectivity index (χ4v) is 8.59. The van der Waals surface area contributed by atoms with Crippen molar-refractivity contribution in [1.82, 2.24) is 8.75 Å². The van der Waals surface area contributed by atoms with Crippen molar-refractivity contribution in [3.05, 3.63) is 61.7 Å². The highest BCUT2D eigenvalue weighted by atomic mass is 79.9. The summed E-state index contributed by atoms with van der Waals surface area (Å²) in [7, 11) is 2.78. The Morgan fingerprint density at radius 3 is 1.86 bits per heavy atom. The van der Waals surface area contributed by atoms with Crippen molar-refractivity contribution < 1.29 is 28.5 Å². The Labute approximate surface area is 276 Å². The van der Waals surface area contributed by atoms with E-state index in [1.54, 1.807) is 46.9 Å². The van der Waals surface area contributed by atoms with Crippen LogP contribution in [0.25, 0.3) is 31.9 Å². The number of fused-ring (bicyclic) bond motifs is 1. The van der Waals surface area contributed by atoms with Gasteiger partial charge < -0.3 is 18.9 Å². The summed E-state index contributed by atoms with van der Waals surface area (Å²) in [5.41, 5.74) is 3.43. The average Bonchev–Trinajstić information content (AvgIpc) is 3.79. The maximum Gasteiger partial charge on any atom is 0.337 e. The van der Waals surface area contributed by atoms with Crippen molar-refractivity contribution in [3.63, 3.8) is 0 Å². The Hall–Kier alpha value is -2.84. The molecule has 5 aromatic rings. The van der Waals surface area contributed by atoms with E-state index in [1.165, 1.54) is 14.2 Å². The zero-order valence-electron chi connectivity index (χ0n) is 22.9. The van der Waals surface area contributed by atoms with Crippen LogP contribution in [-0.2, 0) is 14.3 Å². The van der Waals surface area contributed by atoms with Gasteiger partial charge in [0.15, 0.2) is 11.5 Å². The number of nitrogens with zero attached hydrogens (tertiary/aromatic N) is 2. The molecule has 0 aliphatic heterocycles. The molecule has 1 aliphatic rings.